The van der Waals surface area contributed by atoms with Gasteiger partial charge in [0.2, 0.25) is 5.75 Å². The zero-order valence-corrected chi connectivity index (χ0v) is 14.6. The number of ether oxygens (including phenoxy) is 1. The largest absolute Gasteiger partial charge is 0.573 e. The van der Waals surface area contributed by atoms with Crippen molar-refractivity contribution in [1.82, 2.24) is 9.97 Å². The summed E-state index contributed by atoms with van der Waals surface area (Å²) in [5.74, 6) is -1.41. The van der Waals surface area contributed by atoms with Crippen LogP contribution in [0.1, 0.15) is 16.2 Å². The molecule has 3 rings (SSSR count). The molecule has 0 unspecified atom stereocenters. The van der Waals surface area contributed by atoms with Crippen molar-refractivity contribution >= 4 is 11.5 Å². The average molecular weight is 403 g/mol. The third-order valence-electron chi connectivity index (χ3n) is 3.83. The number of benzene rings is 2. The van der Waals surface area contributed by atoms with Crippen LogP contribution in [0, 0.1) is 10.1 Å². The van der Waals surface area contributed by atoms with E-state index in [-0.39, 0.29) is 17.8 Å². The molecular formula is C19H12F3N3O4. The molecule has 0 aliphatic carbocycles. The lowest BCUT2D eigenvalue weighted by molar-refractivity contribution is -0.388. The van der Waals surface area contributed by atoms with Gasteiger partial charge in [-0.1, -0.05) is 30.3 Å². The van der Waals surface area contributed by atoms with Crippen LogP contribution in [0.3, 0.4) is 0 Å². The fourth-order valence-electron chi connectivity index (χ4n) is 2.52. The van der Waals surface area contributed by atoms with Crippen molar-refractivity contribution in [2.45, 2.75) is 12.8 Å². The van der Waals surface area contributed by atoms with Crippen molar-refractivity contribution in [3.8, 4) is 16.9 Å². The summed E-state index contributed by atoms with van der Waals surface area (Å²) in [6, 6.07) is 11.8. The lowest BCUT2D eigenvalue weighted by Crippen LogP contribution is -2.18. The Labute approximate surface area is 162 Å². The van der Waals surface area contributed by atoms with Crippen molar-refractivity contribution in [2.24, 2.45) is 0 Å². The molecule has 2 aromatic carbocycles. The van der Waals surface area contributed by atoms with E-state index in [1.54, 1.807) is 0 Å². The van der Waals surface area contributed by atoms with E-state index in [1.807, 2.05) is 30.3 Å². The van der Waals surface area contributed by atoms with Crippen LogP contribution < -0.4 is 4.74 Å². The van der Waals surface area contributed by atoms with Gasteiger partial charge in [0.05, 0.1) is 11.3 Å². The summed E-state index contributed by atoms with van der Waals surface area (Å²) >= 11 is 0. The summed E-state index contributed by atoms with van der Waals surface area (Å²) in [4.78, 5) is 30.6. The smallest absolute Gasteiger partial charge is 0.398 e. The Kier molecular flexibility index (Phi) is 5.53. The van der Waals surface area contributed by atoms with Gasteiger partial charge in [-0.3, -0.25) is 14.9 Å². The normalized spacial score (nSPS) is 11.1. The number of carbonyl (C=O) groups is 1. The fraction of sp³-hybridized carbons (Fsp3) is 0.105. The quantitative estimate of drug-likeness (QED) is 0.344. The number of ketones is 1. The number of nitro groups is 1. The summed E-state index contributed by atoms with van der Waals surface area (Å²) in [7, 11) is 0. The first-order chi connectivity index (χ1) is 13.7. The molecule has 0 N–H and O–H groups in total. The van der Waals surface area contributed by atoms with E-state index in [0.717, 1.165) is 29.3 Å². The number of hydrogen-bond acceptors (Lipinski definition) is 6. The maximum absolute atomic E-state index is 12.4. The predicted molar refractivity (Wildman–Crippen MR) is 95.3 cm³/mol. The monoisotopic (exact) mass is 403 g/mol. The summed E-state index contributed by atoms with van der Waals surface area (Å²) < 4.78 is 40.7. The number of carbonyl (C=O) groups excluding carboxylic acids is 1. The SMILES string of the molecule is O=C(Cc1ncc(-c2ccccc2)cn1)c1ccc(OC(F)(F)F)c([N+](=O)[O-])c1. The molecule has 0 saturated heterocycles. The Bertz CT molecular complexity index is 1040. The second-order valence-corrected chi connectivity index (χ2v) is 5.84. The number of hydrogen-bond donors (Lipinski definition) is 0. The van der Waals surface area contributed by atoms with E-state index in [1.165, 1.54) is 12.4 Å². The zero-order valence-electron chi connectivity index (χ0n) is 14.6. The standard InChI is InChI=1S/C19H12F3N3O4/c20-19(21,22)29-17-7-6-13(8-15(17)25(27)28)16(26)9-18-23-10-14(11-24-18)12-4-2-1-3-5-12/h1-8,10-11H,9H2. The minimum absolute atomic E-state index is 0.151. The van der Waals surface area contributed by atoms with Crippen LogP contribution in [0.25, 0.3) is 11.1 Å². The van der Waals surface area contributed by atoms with Gasteiger partial charge in [0, 0.05) is 29.6 Å². The molecule has 0 aliphatic rings. The molecule has 0 fully saturated rings. The third-order valence-corrected chi connectivity index (χ3v) is 3.83. The van der Waals surface area contributed by atoms with E-state index in [9.17, 15) is 28.1 Å². The highest BCUT2D eigenvalue weighted by atomic mass is 19.4. The lowest BCUT2D eigenvalue weighted by atomic mass is 10.1. The Morgan fingerprint density at radius 3 is 2.28 bits per heavy atom. The van der Waals surface area contributed by atoms with Crippen molar-refractivity contribution in [1.29, 1.82) is 0 Å². The second-order valence-electron chi connectivity index (χ2n) is 5.84. The van der Waals surface area contributed by atoms with Gasteiger partial charge in [0.25, 0.3) is 0 Å². The van der Waals surface area contributed by atoms with Crippen LogP contribution in [0.2, 0.25) is 0 Å². The van der Waals surface area contributed by atoms with Crippen LogP contribution in [0.5, 0.6) is 5.75 Å². The number of alkyl halides is 3. The van der Waals surface area contributed by atoms with E-state index in [4.69, 9.17) is 0 Å². The topological polar surface area (TPSA) is 95.2 Å². The molecule has 0 bridgehead atoms. The summed E-state index contributed by atoms with van der Waals surface area (Å²) in [6.45, 7) is 0. The molecule has 0 amide bonds. The van der Waals surface area contributed by atoms with Gasteiger partial charge in [-0.05, 0) is 17.7 Å². The van der Waals surface area contributed by atoms with Crippen LogP contribution in [-0.2, 0) is 6.42 Å². The molecule has 1 heterocycles. The fourth-order valence-corrected chi connectivity index (χ4v) is 2.52. The third kappa shape index (κ3) is 5.12. The molecule has 0 spiro atoms. The van der Waals surface area contributed by atoms with Gasteiger partial charge < -0.3 is 4.74 Å². The van der Waals surface area contributed by atoms with Crippen molar-refractivity contribution < 1.29 is 27.6 Å². The maximum atomic E-state index is 12.4. The Balaban J connectivity index is 1.78. The summed E-state index contributed by atoms with van der Waals surface area (Å²) in [5.41, 5.74) is 0.517. The van der Waals surface area contributed by atoms with Gasteiger partial charge in [-0.15, -0.1) is 13.2 Å². The van der Waals surface area contributed by atoms with Gasteiger partial charge in [-0.25, -0.2) is 9.97 Å². The number of nitrogens with zero attached hydrogens (tertiary/aromatic N) is 3. The number of halogens is 3. The first-order valence-electron chi connectivity index (χ1n) is 8.16. The zero-order chi connectivity index (χ0) is 21.0. The van der Waals surface area contributed by atoms with Gasteiger partial charge >= 0.3 is 12.0 Å². The molecule has 7 nitrogen and oxygen atoms in total. The van der Waals surface area contributed by atoms with Crippen molar-refractivity contribution in [2.75, 3.05) is 0 Å². The molecule has 29 heavy (non-hydrogen) atoms. The molecule has 1 aromatic heterocycles. The first-order valence-corrected chi connectivity index (χ1v) is 8.16. The Hall–Kier alpha value is -3.82. The minimum Gasteiger partial charge on any atom is -0.398 e. The van der Waals surface area contributed by atoms with Gasteiger partial charge in [0.1, 0.15) is 5.82 Å². The Morgan fingerprint density at radius 1 is 1.03 bits per heavy atom. The van der Waals surface area contributed by atoms with E-state index >= 15 is 0 Å². The van der Waals surface area contributed by atoms with Gasteiger partial charge in [0.15, 0.2) is 5.78 Å². The van der Waals surface area contributed by atoms with Crippen molar-refractivity contribution in [3.63, 3.8) is 0 Å². The van der Waals surface area contributed by atoms with Gasteiger partial charge in [-0.2, -0.15) is 0 Å². The summed E-state index contributed by atoms with van der Waals surface area (Å²) in [5, 5.41) is 11.0. The van der Waals surface area contributed by atoms with Crippen LogP contribution in [0.15, 0.2) is 60.9 Å². The summed E-state index contributed by atoms with van der Waals surface area (Å²) in [6.07, 6.45) is -2.29. The minimum atomic E-state index is -5.09. The molecule has 148 valence electrons. The molecule has 10 heteroatoms. The second kappa shape index (κ2) is 8.05. The van der Waals surface area contributed by atoms with E-state index in [2.05, 4.69) is 14.7 Å². The van der Waals surface area contributed by atoms with E-state index in [0.29, 0.717) is 0 Å². The maximum Gasteiger partial charge on any atom is 0.573 e. The highest BCUT2D eigenvalue weighted by molar-refractivity contribution is 5.98. The van der Waals surface area contributed by atoms with Crippen LogP contribution in [0.4, 0.5) is 18.9 Å². The highest BCUT2D eigenvalue weighted by Gasteiger charge is 2.34. The first kappa shape index (κ1) is 19.9. The van der Waals surface area contributed by atoms with Crippen LogP contribution in [-0.4, -0.2) is 27.0 Å². The number of Topliss-reactive ketones (excluding diaryl/α,β-unsaturated/α-hetero) is 1. The van der Waals surface area contributed by atoms with E-state index < -0.39 is 28.5 Å². The molecule has 0 saturated carbocycles. The van der Waals surface area contributed by atoms with Crippen molar-refractivity contribution in [3.05, 3.63) is 82.4 Å². The predicted octanol–water partition coefficient (Wildman–Crippen LogP) is 4.38. The Morgan fingerprint density at radius 2 is 1.69 bits per heavy atom. The number of nitro benzene ring substituents is 1. The highest BCUT2D eigenvalue weighted by Crippen LogP contribution is 2.33. The molecule has 0 atom stereocenters. The lowest BCUT2D eigenvalue weighted by Gasteiger charge is -2.09. The molecule has 0 aliphatic heterocycles. The average Bonchev–Trinajstić information content (AvgIpc) is 2.68. The van der Waals surface area contributed by atoms with Crippen LogP contribution >= 0.6 is 0 Å². The molecular weight excluding hydrogens is 391 g/mol. The number of rotatable bonds is 6. The number of aromatic nitrogens is 2. The molecule has 3 aromatic rings. The molecule has 0 radical (unpaired) electrons.